The number of carboxylic acid groups (broad SMARTS) is 1. The van der Waals surface area contributed by atoms with Gasteiger partial charge in [0, 0.05) is 13.0 Å². The SMILES string of the molecule is Nc1ccc(C(=O)O)cc1N1CC(Cl)CC1=O. The first-order chi connectivity index (χ1) is 7.99. The molecule has 0 bridgehead atoms. The van der Waals surface area contributed by atoms with Crippen LogP contribution in [0.2, 0.25) is 0 Å². The van der Waals surface area contributed by atoms with Crippen LogP contribution in [0.25, 0.3) is 0 Å². The van der Waals surface area contributed by atoms with Gasteiger partial charge in [-0.15, -0.1) is 11.6 Å². The molecule has 1 aliphatic rings. The summed E-state index contributed by atoms with van der Waals surface area (Å²) in [5.74, 6) is -1.19. The van der Waals surface area contributed by atoms with Crippen molar-refractivity contribution in [1.82, 2.24) is 0 Å². The third-order valence-corrected chi connectivity index (χ3v) is 2.94. The molecule has 1 aromatic rings. The van der Waals surface area contributed by atoms with E-state index < -0.39 is 5.97 Å². The number of benzene rings is 1. The zero-order chi connectivity index (χ0) is 12.6. The van der Waals surface area contributed by atoms with Gasteiger partial charge in [-0.25, -0.2) is 4.79 Å². The molecule has 2 rings (SSSR count). The lowest BCUT2D eigenvalue weighted by atomic mass is 10.1. The van der Waals surface area contributed by atoms with Gasteiger partial charge in [0.05, 0.1) is 22.3 Å². The minimum absolute atomic E-state index is 0.0972. The fraction of sp³-hybridized carbons (Fsp3) is 0.273. The van der Waals surface area contributed by atoms with Crippen LogP contribution in [0.15, 0.2) is 18.2 Å². The van der Waals surface area contributed by atoms with Crippen molar-refractivity contribution in [3.8, 4) is 0 Å². The molecule has 17 heavy (non-hydrogen) atoms. The third-order valence-electron chi connectivity index (χ3n) is 2.65. The van der Waals surface area contributed by atoms with Crippen molar-refractivity contribution in [3.05, 3.63) is 23.8 Å². The van der Waals surface area contributed by atoms with Gasteiger partial charge in [0.1, 0.15) is 0 Å². The van der Waals surface area contributed by atoms with Crippen molar-refractivity contribution in [1.29, 1.82) is 0 Å². The Balaban J connectivity index is 2.41. The fourth-order valence-electron chi connectivity index (χ4n) is 1.81. The quantitative estimate of drug-likeness (QED) is 0.616. The summed E-state index contributed by atoms with van der Waals surface area (Å²) in [7, 11) is 0. The van der Waals surface area contributed by atoms with E-state index >= 15 is 0 Å². The monoisotopic (exact) mass is 254 g/mol. The lowest BCUT2D eigenvalue weighted by molar-refractivity contribution is -0.117. The summed E-state index contributed by atoms with van der Waals surface area (Å²) in [5, 5.41) is 8.64. The fourth-order valence-corrected chi connectivity index (χ4v) is 2.08. The third kappa shape index (κ3) is 2.19. The minimum Gasteiger partial charge on any atom is -0.478 e. The van der Waals surface area contributed by atoms with Crippen molar-refractivity contribution < 1.29 is 14.7 Å². The lowest BCUT2D eigenvalue weighted by Gasteiger charge is -2.18. The van der Waals surface area contributed by atoms with Gasteiger partial charge in [-0.1, -0.05) is 0 Å². The molecule has 0 radical (unpaired) electrons. The summed E-state index contributed by atoms with van der Waals surface area (Å²) in [6.07, 6.45) is 0.248. The number of alkyl halides is 1. The molecule has 1 unspecified atom stereocenters. The van der Waals surface area contributed by atoms with Crippen LogP contribution >= 0.6 is 11.6 Å². The molecule has 1 fully saturated rings. The molecule has 0 saturated carbocycles. The molecule has 0 aliphatic carbocycles. The van der Waals surface area contributed by atoms with Gasteiger partial charge in [0.25, 0.3) is 0 Å². The number of nitrogens with two attached hydrogens (primary N) is 1. The predicted octanol–water partition coefficient (Wildman–Crippen LogP) is 1.31. The Morgan fingerprint density at radius 1 is 1.53 bits per heavy atom. The zero-order valence-electron chi connectivity index (χ0n) is 8.89. The van der Waals surface area contributed by atoms with Crippen LogP contribution in [0.3, 0.4) is 0 Å². The number of amides is 1. The van der Waals surface area contributed by atoms with Crippen LogP contribution in [-0.4, -0.2) is 28.9 Å². The van der Waals surface area contributed by atoms with E-state index in [1.807, 2.05) is 0 Å². The Morgan fingerprint density at radius 3 is 2.76 bits per heavy atom. The van der Waals surface area contributed by atoms with Gasteiger partial charge in [-0.2, -0.15) is 0 Å². The number of hydrogen-bond donors (Lipinski definition) is 2. The number of nitrogen functional groups attached to an aromatic ring is 1. The second-order valence-corrected chi connectivity index (χ2v) is 4.50. The maximum absolute atomic E-state index is 11.7. The summed E-state index contributed by atoms with van der Waals surface area (Å²) >= 11 is 5.89. The van der Waals surface area contributed by atoms with Crippen molar-refractivity contribution in [2.75, 3.05) is 17.2 Å². The Hall–Kier alpha value is -1.75. The van der Waals surface area contributed by atoms with E-state index in [1.54, 1.807) is 0 Å². The van der Waals surface area contributed by atoms with E-state index in [-0.39, 0.29) is 23.3 Å². The highest BCUT2D eigenvalue weighted by atomic mass is 35.5. The van der Waals surface area contributed by atoms with E-state index in [0.29, 0.717) is 17.9 Å². The first-order valence-corrected chi connectivity index (χ1v) is 5.50. The maximum Gasteiger partial charge on any atom is 0.335 e. The van der Waals surface area contributed by atoms with Crippen molar-refractivity contribution >= 4 is 34.9 Å². The molecule has 1 heterocycles. The Labute approximate surface area is 103 Å². The van der Waals surface area contributed by atoms with Gasteiger partial charge < -0.3 is 15.7 Å². The number of carbonyl (C=O) groups is 2. The molecular weight excluding hydrogens is 244 g/mol. The topological polar surface area (TPSA) is 83.6 Å². The highest BCUT2D eigenvalue weighted by Gasteiger charge is 2.30. The normalized spacial score (nSPS) is 19.7. The maximum atomic E-state index is 11.7. The standard InChI is InChI=1S/C11H11ClN2O3/c12-7-4-10(15)14(5-7)9-3-6(11(16)17)1-2-8(9)13/h1-3,7H,4-5,13H2,(H,16,17). The van der Waals surface area contributed by atoms with Crippen LogP contribution in [0.1, 0.15) is 16.8 Å². The van der Waals surface area contributed by atoms with Gasteiger partial charge in [-0.05, 0) is 18.2 Å². The number of rotatable bonds is 2. The summed E-state index contributed by atoms with van der Waals surface area (Å²) in [4.78, 5) is 23.9. The number of anilines is 2. The molecule has 1 atom stereocenters. The highest BCUT2D eigenvalue weighted by Crippen LogP contribution is 2.30. The first kappa shape index (κ1) is 11.7. The summed E-state index contributed by atoms with van der Waals surface area (Å²) in [5.41, 5.74) is 6.63. The number of halogens is 1. The van der Waals surface area contributed by atoms with Gasteiger partial charge in [0.15, 0.2) is 0 Å². The molecule has 1 aliphatic heterocycles. The van der Waals surface area contributed by atoms with Crippen LogP contribution in [0.4, 0.5) is 11.4 Å². The number of carboxylic acids is 1. The highest BCUT2D eigenvalue weighted by molar-refractivity contribution is 6.24. The molecule has 1 amide bonds. The lowest BCUT2D eigenvalue weighted by Crippen LogP contribution is -2.25. The number of hydrogen-bond acceptors (Lipinski definition) is 3. The van der Waals surface area contributed by atoms with Crippen molar-refractivity contribution in [2.45, 2.75) is 11.8 Å². The summed E-state index contributed by atoms with van der Waals surface area (Å²) in [6, 6.07) is 4.28. The number of aromatic carboxylic acids is 1. The second kappa shape index (κ2) is 4.25. The Morgan fingerprint density at radius 2 is 2.24 bits per heavy atom. The Kier molecular flexibility index (Phi) is 2.93. The molecule has 90 valence electrons. The smallest absolute Gasteiger partial charge is 0.335 e. The van der Waals surface area contributed by atoms with Gasteiger partial charge in [-0.3, -0.25) is 4.79 Å². The molecule has 3 N–H and O–H groups in total. The van der Waals surface area contributed by atoms with Crippen LogP contribution in [0.5, 0.6) is 0 Å². The number of nitrogens with zero attached hydrogens (tertiary/aromatic N) is 1. The van der Waals surface area contributed by atoms with Crippen LogP contribution < -0.4 is 10.6 Å². The average molecular weight is 255 g/mol. The van der Waals surface area contributed by atoms with Gasteiger partial charge in [0.2, 0.25) is 5.91 Å². The molecule has 0 spiro atoms. The van der Waals surface area contributed by atoms with E-state index in [1.165, 1.54) is 23.1 Å². The van der Waals surface area contributed by atoms with E-state index in [2.05, 4.69) is 0 Å². The second-order valence-electron chi connectivity index (χ2n) is 3.88. The zero-order valence-corrected chi connectivity index (χ0v) is 9.65. The molecule has 0 aromatic heterocycles. The first-order valence-electron chi connectivity index (χ1n) is 5.06. The Bertz CT molecular complexity index is 490. The van der Waals surface area contributed by atoms with Gasteiger partial charge >= 0.3 is 5.97 Å². The van der Waals surface area contributed by atoms with Crippen molar-refractivity contribution in [3.63, 3.8) is 0 Å². The minimum atomic E-state index is -1.06. The predicted molar refractivity (Wildman–Crippen MR) is 64.4 cm³/mol. The molecule has 6 heteroatoms. The summed E-state index contributed by atoms with van der Waals surface area (Å²) in [6.45, 7) is 0.355. The van der Waals surface area contributed by atoms with Crippen molar-refractivity contribution in [2.24, 2.45) is 0 Å². The molecule has 1 saturated heterocycles. The van der Waals surface area contributed by atoms with Crippen LogP contribution in [0, 0.1) is 0 Å². The van der Waals surface area contributed by atoms with E-state index in [9.17, 15) is 9.59 Å². The van der Waals surface area contributed by atoms with Crippen LogP contribution in [-0.2, 0) is 4.79 Å². The molecule has 1 aromatic carbocycles. The van der Waals surface area contributed by atoms with E-state index in [4.69, 9.17) is 22.4 Å². The molecular formula is C11H11ClN2O3. The molecule has 5 nitrogen and oxygen atoms in total. The largest absolute Gasteiger partial charge is 0.478 e. The number of carbonyl (C=O) groups excluding carboxylic acids is 1. The average Bonchev–Trinajstić information content (AvgIpc) is 2.58. The summed E-state index contributed by atoms with van der Waals surface area (Å²) < 4.78 is 0. The van der Waals surface area contributed by atoms with E-state index in [0.717, 1.165) is 0 Å².